The first kappa shape index (κ1) is 16.1. The Morgan fingerprint density at radius 1 is 1.04 bits per heavy atom. The Morgan fingerprint density at radius 3 is 2.65 bits per heavy atom. The maximum absolute atomic E-state index is 12.4. The van der Waals surface area contributed by atoms with E-state index in [9.17, 15) is 9.59 Å². The van der Waals surface area contributed by atoms with Gasteiger partial charge >= 0.3 is 11.8 Å². The summed E-state index contributed by atoms with van der Waals surface area (Å²) in [5.74, 6) is -0.262. The molecule has 0 aliphatic carbocycles. The van der Waals surface area contributed by atoms with E-state index in [4.69, 9.17) is 0 Å². The van der Waals surface area contributed by atoms with Gasteiger partial charge in [0.05, 0.1) is 17.4 Å². The molecule has 1 aliphatic heterocycles. The Hall–Kier alpha value is -3.42. The van der Waals surface area contributed by atoms with Gasteiger partial charge in [0.15, 0.2) is 0 Å². The number of anilines is 2. The summed E-state index contributed by atoms with van der Waals surface area (Å²) in [6.45, 7) is 2.27. The number of nitrogens with zero attached hydrogens (tertiary/aromatic N) is 4. The first-order valence-electron chi connectivity index (χ1n) is 8.40. The molecule has 1 aromatic carbocycles. The molecule has 4 rings (SSSR count). The van der Waals surface area contributed by atoms with Gasteiger partial charge < -0.3 is 20.1 Å². The van der Waals surface area contributed by atoms with Gasteiger partial charge in [0.2, 0.25) is 0 Å². The lowest BCUT2D eigenvalue weighted by Gasteiger charge is -2.34. The number of carbonyl (C=O) groups excluding carboxylic acids is 2. The number of hydrogen-bond donors (Lipinski definition) is 2. The number of rotatable bonds is 2. The third-order valence-corrected chi connectivity index (χ3v) is 4.41. The maximum atomic E-state index is 12.4. The van der Waals surface area contributed by atoms with Crippen molar-refractivity contribution in [2.24, 2.45) is 0 Å². The van der Waals surface area contributed by atoms with Crippen molar-refractivity contribution in [1.82, 2.24) is 19.9 Å². The van der Waals surface area contributed by atoms with Crippen LogP contribution in [0, 0.1) is 0 Å². The van der Waals surface area contributed by atoms with Crippen molar-refractivity contribution < 1.29 is 9.59 Å². The Morgan fingerprint density at radius 2 is 1.88 bits per heavy atom. The monoisotopic (exact) mass is 350 g/mol. The van der Waals surface area contributed by atoms with Crippen LogP contribution in [-0.2, 0) is 9.59 Å². The molecule has 2 N–H and O–H groups in total. The van der Waals surface area contributed by atoms with Crippen LogP contribution in [0.1, 0.15) is 0 Å². The molecular formula is C18H18N6O2. The molecule has 1 fully saturated rings. The molecular weight excluding hydrogens is 332 g/mol. The number of fused-ring (bicyclic) bond motifs is 1. The molecule has 0 spiro atoms. The highest BCUT2D eigenvalue weighted by Crippen LogP contribution is 2.16. The summed E-state index contributed by atoms with van der Waals surface area (Å²) in [5.41, 5.74) is 2.17. The number of H-pyrrole nitrogens is 1. The Bertz CT molecular complexity index is 931. The molecule has 0 unspecified atom stereocenters. The lowest BCUT2D eigenvalue weighted by atomic mass is 10.2. The highest BCUT2D eigenvalue weighted by Gasteiger charge is 2.26. The zero-order valence-electron chi connectivity index (χ0n) is 14.1. The smallest absolute Gasteiger partial charge is 0.313 e. The molecule has 2 amide bonds. The summed E-state index contributed by atoms with van der Waals surface area (Å²) in [5, 5.41) is 2.66. The van der Waals surface area contributed by atoms with Crippen LogP contribution in [-0.4, -0.2) is 57.8 Å². The highest BCUT2D eigenvalue weighted by molar-refractivity contribution is 6.39. The SMILES string of the molecule is O=C(Nc1ccc2nc[nH]c2c1)C(=O)N1CCN(c2ccccn2)CC1. The summed E-state index contributed by atoms with van der Waals surface area (Å²) in [6, 6.07) is 11.0. The number of aromatic nitrogens is 3. The van der Waals surface area contributed by atoms with Gasteiger partial charge in [0.25, 0.3) is 0 Å². The summed E-state index contributed by atoms with van der Waals surface area (Å²) in [7, 11) is 0. The highest BCUT2D eigenvalue weighted by atomic mass is 16.2. The third-order valence-electron chi connectivity index (χ3n) is 4.41. The van der Waals surface area contributed by atoms with Crippen LogP contribution in [0.4, 0.5) is 11.5 Å². The Labute approximate surface area is 149 Å². The van der Waals surface area contributed by atoms with Crippen LogP contribution < -0.4 is 10.2 Å². The van der Waals surface area contributed by atoms with Gasteiger partial charge in [-0.1, -0.05) is 6.07 Å². The molecule has 2 aromatic heterocycles. The van der Waals surface area contributed by atoms with E-state index >= 15 is 0 Å². The molecule has 0 radical (unpaired) electrons. The van der Waals surface area contributed by atoms with E-state index < -0.39 is 11.8 Å². The van der Waals surface area contributed by atoms with Crippen molar-refractivity contribution in [3.05, 3.63) is 48.9 Å². The van der Waals surface area contributed by atoms with E-state index in [1.54, 1.807) is 35.6 Å². The molecule has 26 heavy (non-hydrogen) atoms. The number of pyridine rings is 1. The molecule has 0 saturated carbocycles. The van der Waals surface area contributed by atoms with E-state index in [0.717, 1.165) is 16.9 Å². The summed E-state index contributed by atoms with van der Waals surface area (Å²) in [4.78, 5) is 39.8. The van der Waals surface area contributed by atoms with Crippen LogP contribution in [0.5, 0.6) is 0 Å². The number of imidazole rings is 1. The number of carbonyl (C=O) groups is 2. The fourth-order valence-corrected chi connectivity index (χ4v) is 3.02. The van der Waals surface area contributed by atoms with Gasteiger partial charge in [0.1, 0.15) is 5.82 Å². The predicted molar refractivity (Wildman–Crippen MR) is 97.8 cm³/mol. The topological polar surface area (TPSA) is 94.2 Å². The standard InChI is InChI=1S/C18H18N6O2/c25-17(22-13-4-5-14-15(11-13)21-12-20-14)18(26)24-9-7-23(8-10-24)16-3-1-2-6-19-16/h1-6,11-12H,7-10H2,(H,20,21)(H,22,25). The first-order chi connectivity index (χ1) is 12.7. The van der Waals surface area contributed by atoms with Crippen LogP contribution in [0.25, 0.3) is 11.0 Å². The Kier molecular flexibility index (Phi) is 4.22. The van der Waals surface area contributed by atoms with Crippen molar-refractivity contribution in [3.8, 4) is 0 Å². The number of nitrogens with one attached hydrogen (secondary N) is 2. The van der Waals surface area contributed by atoms with Crippen molar-refractivity contribution in [1.29, 1.82) is 0 Å². The fraction of sp³-hybridized carbons (Fsp3) is 0.222. The third kappa shape index (κ3) is 3.21. The molecule has 0 bridgehead atoms. The fourth-order valence-electron chi connectivity index (χ4n) is 3.02. The average molecular weight is 350 g/mol. The zero-order valence-corrected chi connectivity index (χ0v) is 14.1. The van der Waals surface area contributed by atoms with E-state index in [2.05, 4.69) is 25.2 Å². The number of aromatic amines is 1. The van der Waals surface area contributed by atoms with Gasteiger partial charge in [-0.15, -0.1) is 0 Å². The van der Waals surface area contributed by atoms with Crippen molar-refractivity contribution in [3.63, 3.8) is 0 Å². The first-order valence-corrected chi connectivity index (χ1v) is 8.40. The molecule has 3 aromatic rings. The summed E-state index contributed by atoms with van der Waals surface area (Å²) in [6.07, 6.45) is 3.33. The lowest BCUT2D eigenvalue weighted by Crippen LogP contribution is -2.51. The van der Waals surface area contributed by atoms with E-state index in [-0.39, 0.29) is 0 Å². The Balaban J connectivity index is 1.36. The second kappa shape index (κ2) is 6.83. The van der Waals surface area contributed by atoms with Crippen molar-refractivity contribution in [2.45, 2.75) is 0 Å². The molecule has 0 atom stereocenters. The zero-order chi connectivity index (χ0) is 17.9. The molecule has 3 heterocycles. The minimum atomic E-state index is -0.629. The average Bonchev–Trinajstić information content (AvgIpc) is 3.16. The van der Waals surface area contributed by atoms with Crippen LogP contribution in [0.15, 0.2) is 48.9 Å². The molecule has 1 aliphatic rings. The van der Waals surface area contributed by atoms with Crippen LogP contribution >= 0.6 is 0 Å². The second-order valence-corrected chi connectivity index (χ2v) is 6.06. The number of hydrogen-bond acceptors (Lipinski definition) is 5. The number of piperazine rings is 1. The minimum absolute atomic E-state index is 0.489. The number of benzene rings is 1. The van der Waals surface area contributed by atoms with Gasteiger partial charge in [-0.05, 0) is 30.3 Å². The molecule has 1 saturated heterocycles. The molecule has 8 nitrogen and oxygen atoms in total. The minimum Gasteiger partial charge on any atom is -0.353 e. The lowest BCUT2D eigenvalue weighted by molar-refractivity contribution is -0.143. The van der Waals surface area contributed by atoms with Gasteiger partial charge in [0, 0.05) is 38.1 Å². The van der Waals surface area contributed by atoms with Gasteiger partial charge in [-0.3, -0.25) is 9.59 Å². The molecule has 132 valence electrons. The summed E-state index contributed by atoms with van der Waals surface area (Å²) >= 11 is 0. The predicted octanol–water partition coefficient (Wildman–Crippen LogP) is 1.25. The van der Waals surface area contributed by atoms with Gasteiger partial charge in [-0.2, -0.15) is 0 Å². The number of amides is 2. The normalized spacial score (nSPS) is 14.5. The molecule has 8 heteroatoms. The maximum Gasteiger partial charge on any atom is 0.313 e. The van der Waals surface area contributed by atoms with E-state index in [1.807, 2.05) is 18.2 Å². The van der Waals surface area contributed by atoms with E-state index in [1.165, 1.54) is 0 Å². The largest absolute Gasteiger partial charge is 0.353 e. The van der Waals surface area contributed by atoms with Crippen LogP contribution in [0.3, 0.4) is 0 Å². The summed E-state index contributed by atoms with van der Waals surface area (Å²) < 4.78 is 0. The van der Waals surface area contributed by atoms with E-state index in [0.29, 0.717) is 31.9 Å². The van der Waals surface area contributed by atoms with Crippen molar-refractivity contribution >= 4 is 34.4 Å². The van der Waals surface area contributed by atoms with Crippen molar-refractivity contribution in [2.75, 3.05) is 36.4 Å². The van der Waals surface area contributed by atoms with Crippen LogP contribution in [0.2, 0.25) is 0 Å². The van der Waals surface area contributed by atoms with Gasteiger partial charge in [-0.25, -0.2) is 9.97 Å². The quantitative estimate of drug-likeness (QED) is 0.678. The second-order valence-electron chi connectivity index (χ2n) is 6.06.